The molecule has 1 aromatic heterocycles. The minimum Gasteiger partial charge on any atom is -0.382 e. The third-order valence-electron chi connectivity index (χ3n) is 1.43. The molecule has 0 radical (unpaired) electrons. The Morgan fingerprint density at radius 2 is 2.55 bits per heavy atom. The Morgan fingerprint density at radius 1 is 1.82 bits per heavy atom. The van der Waals surface area contributed by atoms with Gasteiger partial charge in [-0.2, -0.15) is 5.10 Å². The Kier molecular flexibility index (Phi) is 3.08. The SMILES string of the molecule is COCC(C)n1cc(Br)cn1. The highest BCUT2D eigenvalue weighted by Gasteiger charge is 2.03. The van der Waals surface area contributed by atoms with E-state index in [0.717, 1.165) is 4.47 Å². The molecule has 1 aromatic rings. The lowest BCUT2D eigenvalue weighted by atomic mass is 10.4. The van der Waals surface area contributed by atoms with Gasteiger partial charge in [0.05, 0.1) is 23.3 Å². The third kappa shape index (κ3) is 2.31. The third-order valence-corrected chi connectivity index (χ3v) is 1.84. The molecule has 0 aliphatic carbocycles. The number of methoxy groups -OCH3 is 1. The summed E-state index contributed by atoms with van der Waals surface area (Å²) in [5.41, 5.74) is 0. The maximum atomic E-state index is 4.99. The summed E-state index contributed by atoms with van der Waals surface area (Å²) in [4.78, 5) is 0. The quantitative estimate of drug-likeness (QED) is 0.775. The van der Waals surface area contributed by atoms with Crippen LogP contribution in [0.15, 0.2) is 16.9 Å². The fraction of sp³-hybridized carbons (Fsp3) is 0.571. The smallest absolute Gasteiger partial charge is 0.0724 e. The summed E-state index contributed by atoms with van der Waals surface area (Å²) in [6.07, 6.45) is 3.70. The van der Waals surface area contributed by atoms with Crippen LogP contribution in [0.4, 0.5) is 0 Å². The zero-order valence-corrected chi connectivity index (χ0v) is 8.21. The standard InChI is InChI=1S/C7H11BrN2O/c1-6(5-11-2)10-4-7(8)3-9-10/h3-4,6H,5H2,1-2H3. The number of halogens is 1. The van der Waals surface area contributed by atoms with Crippen LogP contribution in [-0.2, 0) is 4.74 Å². The Labute approximate surface area is 74.5 Å². The van der Waals surface area contributed by atoms with Crippen molar-refractivity contribution in [1.82, 2.24) is 9.78 Å². The van der Waals surface area contributed by atoms with Crippen molar-refractivity contribution in [3.63, 3.8) is 0 Å². The predicted molar refractivity (Wildman–Crippen MR) is 46.5 cm³/mol. The summed E-state index contributed by atoms with van der Waals surface area (Å²) in [7, 11) is 1.69. The molecule has 62 valence electrons. The van der Waals surface area contributed by atoms with E-state index in [9.17, 15) is 0 Å². The summed E-state index contributed by atoms with van der Waals surface area (Å²) in [6, 6.07) is 0.297. The molecule has 1 heterocycles. The Morgan fingerprint density at radius 3 is 3.00 bits per heavy atom. The van der Waals surface area contributed by atoms with Crippen LogP contribution in [0.3, 0.4) is 0 Å². The number of hydrogen-bond donors (Lipinski definition) is 0. The van der Waals surface area contributed by atoms with Crippen molar-refractivity contribution in [1.29, 1.82) is 0 Å². The largest absolute Gasteiger partial charge is 0.382 e. The van der Waals surface area contributed by atoms with Crippen molar-refractivity contribution in [2.45, 2.75) is 13.0 Å². The van der Waals surface area contributed by atoms with Crippen molar-refractivity contribution in [2.24, 2.45) is 0 Å². The number of rotatable bonds is 3. The second-order valence-electron chi connectivity index (χ2n) is 2.44. The molecule has 11 heavy (non-hydrogen) atoms. The summed E-state index contributed by atoms with van der Waals surface area (Å²) in [6.45, 7) is 2.75. The molecule has 0 spiro atoms. The first-order valence-electron chi connectivity index (χ1n) is 3.42. The molecule has 4 heteroatoms. The number of ether oxygens (including phenoxy) is 1. The van der Waals surface area contributed by atoms with Crippen molar-refractivity contribution in [3.05, 3.63) is 16.9 Å². The second-order valence-corrected chi connectivity index (χ2v) is 3.36. The molecule has 0 saturated heterocycles. The van der Waals surface area contributed by atoms with Gasteiger partial charge in [-0.15, -0.1) is 0 Å². The summed E-state index contributed by atoms with van der Waals surface area (Å²) >= 11 is 3.33. The van der Waals surface area contributed by atoms with E-state index in [0.29, 0.717) is 12.6 Å². The minimum atomic E-state index is 0.297. The first kappa shape index (κ1) is 8.74. The second kappa shape index (κ2) is 3.88. The maximum absolute atomic E-state index is 4.99. The van der Waals surface area contributed by atoms with Crippen LogP contribution < -0.4 is 0 Å². The minimum absolute atomic E-state index is 0.297. The highest BCUT2D eigenvalue weighted by molar-refractivity contribution is 9.10. The van der Waals surface area contributed by atoms with E-state index in [-0.39, 0.29) is 0 Å². The lowest BCUT2D eigenvalue weighted by molar-refractivity contribution is 0.157. The van der Waals surface area contributed by atoms with Crippen LogP contribution in [-0.4, -0.2) is 23.5 Å². The lowest BCUT2D eigenvalue weighted by Crippen LogP contribution is -2.10. The first-order valence-corrected chi connectivity index (χ1v) is 4.22. The topological polar surface area (TPSA) is 27.1 Å². The summed E-state index contributed by atoms with van der Waals surface area (Å²) in [5, 5.41) is 4.12. The van der Waals surface area contributed by atoms with E-state index in [1.807, 2.05) is 10.9 Å². The molecule has 0 aromatic carbocycles. The van der Waals surface area contributed by atoms with Gasteiger partial charge in [0.2, 0.25) is 0 Å². The van der Waals surface area contributed by atoms with Crippen LogP contribution in [0, 0.1) is 0 Å². The van der Waals surface area contributed by atoms with Gasteiger partial charge in [0.1, 0.15) is 0 Å². The van der Waals surface area contributed by atoms with Crippen LogP contribution >= 0.6 is 15.9 Å². The van der Waals surface area contributed by atoms with Crippen LogP contribution in [0.1, 0.15) is 13.0 Å². The highest BCUT2D eigenvalue weighted by atomic mass is 79.9. The van der Waals surface area contributed by atoms with Gasteiger partial charge in [0.15, 0.2) is 0 Å². The molecule has 0 aliphatic heterocycles. The van der Waals surface area contributed by atoms with Crippen LogP contribution in [0.2, 0.25) is 0 Å². The van der Waals surface area contributed by atoms with Crippen molar-refractivity contribution in [3.8, 4) is 0 Å². The number of nitrogens with zero attached hydrogens (tertiary/aromatic N) is 2. The zero-order chi connectivity index (χ0) is 8.27. The van der Waals surface area contributed by atoms with E-state index in [1.54, 1.807) is 13.3 Å². The number of aromatic nitrogens is 2. The first-order chi connectivity index (χ1) is 5.24. The van der Waals surface area contributed by atoms with Crippen molar-refractivity contribution >= 4 is 15.9 Å². The van der Waals surface area contributed by atoms with E-state index in [1.165, 1.54) is 0 Å². The molecule has 0 amide bonds. The van der Waals surface area contributed by atoms with Crippen molar-refractivity contribution in [2.75, 3.05) is 13.7 Å². The molecule has 3 nitrogen and oxygen atoms in total. The van der Waals surface area contributed by atoms with Gasteiger partial charge in [-0.1, -0.05) is 0 Å². The molecule has 1 unspecified atom stereocenters. The summed E-state index contributed by atoms with van der Waals surface area (Å²) in [5.74, 6) is 0. The van der Waals surface area contributed by atoms with Crippen LogP contribution in [0.5, 0.6) is 0 Å². The molecule has 0 fully saturated rings. The molecule has 0 saturated carbocycles. The molecule has 0 bridgehead atoms. The average Bonchev–Trinajstić information content (AvgIpc) is 2.36. The van der Waals surface area contributed by atoms with Gasteiger partial charge in [-0.3, -0.25) is 4.68 Å². The van der Waals surface area contributed by atoms with E-state index >= 15 is 0 Å². The van der Waals surface area contributed by atoms with Crippen molar-refractivity contribution < 1.29 is 4.74 Å². The molecular formula is C7H11BrN2O. The lowest BCUT2D eigenvalue weighted by Gasteiger charge is -2.09. The molecule has 1 atom stereocenters. The highest BCUT2D eigenvalue weighted by Crippen LogP contribution is 2.11. The fourth-order valence-corrected chi connectivity index (χ4v) is 1.17. The van der Waals surface area contributed by atoms with E-state index < -0.39 is 0 Å². The zero-order valence-electron chi connectivity index (χ0n) is 6.62. The number of hydrogen-bond acceptors (Lipinski definition) is 2. The van der Waals surface area contributed by atoms with E-state index in [4.69, 9.17) is 4.74 Å². The van der Waals surface area contributed by atoms with Gasteiger partial charge in [0.25, 0.3) is 0 Å². The maximum Gasteiger partial charge on any atom is 0.0724 e. The Bertz CT molecular complexity index is 224. The van der Waals surface area contributed by atoms with Gasteiger partial charge >= 0.3 is 0 Å². The fourth-order valence-electron chi connectivity index (χ4n) is 0.873. The van der Waals surface area contributed by atoms with Gasteiger partial charge in [0, 0.05) is 13.3 Å². The molecule has 0 N–H and O–H groups in total. The predicted octanol–water partition coefficient (Wildman–Crippen LogP) is 1.85. The van der Waals surface area contributed by atoms with Gasteiger partial charge in [-0.25, -0.2) is 0 Å². The normalized spacial score (nSPS) is 13.4. The summed E-state index contributed by atoms with van der Waals surface area (Å²) < 4.78 is 7.86. The molecular weight excluding hydrogens is 208 g/mol. The van der Waals surface area contributed by atoms with Crippen LogP contribution in [0.25, 0.3) is 0 Å². The monoisotopic (exact) mass is 218 g/mol. The molecule has 1 rings (SSSR count). The molecule has 0 aliphatic rings. The Hall–Kier alpha value is -0.350. The average molecular weight is 219 g/mol. The van der Waals surface area contributed by atoms with Gasteiger partial charge in [-0.05, 0) is 22.9 Å². The van der Waals surface area contributed by atoms with E-state index in [2.05, 4.69) is 28.0 Å². The Balaban J connectivity index is 2.60. The van der Waals surface area contributed by atoms with Gasteiger partial charge < -0.3 is 4.74 Å².